The molecule has 1 heterocycles. The number of carbonyl (C=O) groups excluding carboxylic acids is 2. The molecule has 1 amide bonds. The molecule has 162 valence electrons. The van der Waals surface area contributed by atoms with Gasteiger partial charge in [0.25, 0.3) is 5.91 Å². The van der Waals surface area contributed by atoms with Crippen molar-refractivity contribution in [3.8, 4) is 11.4 Å². The number of nitrogens with zero attached hydrogens (tertiary/aromatic N) is 2. The maximum atomic E-state index is 12.7. The summed E-state index contributed by atoms with van der Waals surface area (Å²) in [5.41, 5.74) is 1.80. The largest absolute Gasteiger partial charge is 0.493 e. The second-order valence-corrected chi connectivity index (χ2v) is 7.13. The first-order valence-corrected chi connectivity index (χ1v) is 10.3. The molecule has 7 nitrogen and oxygen atoms in total. The first-order valence-electron chi connectivity index (χ1n) is 10.3. The second kappa shape index (κ2) is 10.4. The summed E-state index contributed by atoms with van der Waals surface area (Å²) in [5, 5.41) is 7.26. The number of hydrogen-bond acceptors (Lipinski definition) is 5. The average Bonchev–Trinajstić information content (AvgIpc) is 3.24. The number of para-hydroxylation sites is 1. The van der Waals surface area contributed by atoms with Gasteiger partial charge in [-0.1, -0.05) is 61.9 Å². The third-order valence-corrected chi connectivity index (χ3v) is 4.86. The monoisotopic (exact) mass is 421 g/mol. The molecular weight excluding hydrogens is 394 g/mol. The van der Waals surface area contributed by atoms with Gasteiger partial charge in [-0.25, -0.2) is 9.48 Å². The molecule has 1 aromatic heterocycles. The van der Waals surface area contributed by atoms with E-state index in [1.54, 1.807) is 13.1 Å². The zero-order valence-corrected chi connectivity index (χ0v) is 17.9. The van der Waals surface area contributed by atoms with Crippen LogP contribution in [0.2, 0.25) is 0 Å². The summed E-state index contributed by atoms with van der Waals surface area (Å²) in [5.74, 6) is -0.812. The Labute approximate surface area is 182 Å². The van der Waals surface area contributed by atoms with E-state index in [0.29, 0.717) is 0 Å². The molecule has 0 bridgehead atoms. The topological polar surface area (TPSA) is 82.5 Å². The van der Waals surface area contributed by atoms with Crippen LogP contribution in [0.25, 0.3) is 5.69 Å². The molecule has 0 spiro atoms. The molecule has 2 aromatic carbocycles. The molecule has 0 aliphatic rings. The van der Waals surface area contributed by atoms with Crippen molar-refractivity contribution in [3.05, 3.63) is 78.1 Å². The number of nitrogens with one attached hydrogen (secondary N) is 1. The fraction of sp³-hybridized carbons (Fsp3) is 0.292. The summed E-state index contributed by atoms with van der Waals surface area (Å²) >= 11 is 0. The fourth-order valence-electron chi connectivity index (χ4n) is 3.22. The normalized spacial score (nSPS) is 12.6. The van der Waals surface area contributed by atoms with E-state index in [4.69, 9.17) is 9.47 Å². The lowest BCUT2D eigenvalue weighted by Gasteiger charge is -2.21. The van der Waals surface area contributed by atoms with Gasteiger partial charge in [0.2, 0.25) is 5.69 Å². The first-order chi connectivity index (χ1) is 15.0. The predicted molar refractivity (Wildman–Crippen MR) is 117 cm³/mol. The number of amides is 1. The van der Waals surface area contributed by atoms with Crippen molar-refractivity contribution >= 4 is 11.9 Å². The van der Waals surface area contributed by atoms with E-state index >= 15 is 0 Å². The van der Waals surface area contributed by atoms with Crippen molar-refractivity contribution in [2.24, 2.45) is 0 Å². The molecule has 3 aromatic rings. The van der Waals surface area contributed by atoms with E-state index in [-0.39, 0.29) is 23.4 Å². The predicted octanol–water partition coefficient (Wildman–Crippen LogP) is 4.08. The minimum absolute atomic E-state index is 0.0131. The van der Waals surface area contributed by atoms with Gasteiger partial charge in [0.05, 0.1) is 25.0 Å². The molecule has 0 aliphatic carbocycles. The van der Waals surface area contributed by atoms with Crippen molar-refractivity contribution in [3.63, 3.8) is 0 Å². The summed E-state index contributed by atoms with van der Waals surface area (Å²) in [6.07, 6.45) is 2.30. The number of hydrogen-bond donors (Lipinski definition) is 1. The van der Waals surface area contributed by atoms with E-state index in [0.717, 1.165) is 24.1 Å². The van der Waals surface area contributed by atoms with Crippen LogP contribution >= 0.6 is 0 Å². The molecule has 1 N–H and O–H groups in total. The molecule has 2 atom stereocenters. The van der Waals surface area contributed by atoms with Gasteiger partial charge >= 0.3 is 5.97 Å². The Bertz CT molecular complexity index is 1000. The molecule has 0 saturated carbocycles. The van der Waals surface area contributed by atoms with Crippen LogP contribution in [0.3, 0.4) is 0 Å². The Morgan fingerprint density at radius 1 is 1.06 bits per heavy atom. The van der Waals surface area contributed by atoms with Gasteiger partial charge in [-0.3, -0.25) is 4.79 Å². The van der Waals surface area contributed by atoms with Crippen LogP contribution in [0.15, 0.2) is 66.9 Å². The van der Waals surface area contributed by atoms with Gasteiger partial charge in [-0.2, -0.15) is 5.10 Å². The van der Waals surface area contributed by atoms with Gasteiger partial charge in [0, 0.05) is 0 Å². The van der Waals surface area contributed by atoms with Crippen LogP contribution in [-0.4, -0.2) is 34.9 Å². The number of benzene rings is 2. The van der Waals surface area contributed by atoms with Crippen LogP contribution in [-0.2, 0) is 9.53 Å². The lowest BCUT2D eigenvalue weighted by molar-refractivity contribution is -0.130. The average molecular weight is 421 g/mol. The molecule has 0 unspecified atom stereocenters. The standard InChI is InChI=1S/C24H27N3O4/c1-4-11-20(18-12-7-5-8-13-18)25-23(28)17(2)31-24(29)22-21(30-3)16-27(26-22)19-14-9-6-10-15-19/h5-10,12-17,20H,4,11H2,1-3H3,(H,25,28)/t17-,20-/m0/s1. The Kier molecular flexibility index (Phi) is 7.43. The lowest BCUT2D eigenvalue weighted by atomic mass is 10.0. The smallest absolute Gasteiger partial charge is 0.363 e. The molecule has 0 fully saturated rings. The number of ether oxygens (including phenoxy) is 2. The van der Waals surface area contributed by atoms with E-state index in [9.17, 15) is 9.59 Å². The zero-order chi connectivity index (χ0) is 22.2. The Hall–Kier alpha value is -3.61. The highest BCUT2D eigenvalue weighted by molar-refractivity contribution is 5.93. The summed E-state index contributed by atoms with van der Waals surface area (Å²) < 4.78 is 12.2. The molecule has 0 aliphatic heterocycles. The number of esters is 1. The Morgan fingerprint density at radius 3 is 2.32 bits per heavy atom. The minimum Gasteiger partial charge on any atom is -0.493 e. The number of rotatable bonds is 9. The highest BCUT2D eigenvalue weighted by Crippen LogP contribution is 2.22. The van der Waals surface area contributed by atoms with Crippen LogP contribution in [0.5, 0.6) is 5.75 Å². The Morgan fingerprint density at radius 2 is 1.71 bits per heavy atom. The highest BCUT2D eigenvalue weighted by atomic mass is 16.6. The van der Waals surface area contributed by atoms with Crippen LogP contribution in [0.4, 0.5) is 0 Å². The van der Waals surface area contributed by atoms with Gasteiger partial charge in [0.15, 0.2) is 11.9 Å². The molecular formula is C24H27N3O4. The van der Waals surface area contributed by atoms with Crippen molar-refractivity contribution in [1.29, 1.82) is 0 Å². The van der Waals surface area contributed by atoms with Crippen molar-refractivity contribution in [2.45, 2.75) is 38.8 Å². The molecule has 3 rings (SSSR count). The first kappa shape index (κ1) is 22.1. The number of carbonyl (C=O) groups is 2. The van der Waals surface area contributed by atoms with Crippen molar-refractivity contribution < 1.29 is 19.1 Å². The summed E-state index contributed by atoms with van der Waals surface area (Å²) in [7, 11) is 1.45. The maximum Gasteiger partial charge on any atom is 0.363 e. The summed E-state index contributed by atoms with van der Waals surface area (Å²) in [4.78, 5) is 25.4. The van der Waals surface area contributed by atoms with Crippen LogP contribution in [0.1, 0.15) is 48.8 Å². The quantitative estimate of drug-likeness (QED) is 0.527. The van der Waals surface area contributed by atoms with Crippen molar-refractivity contribution in [2.75, 3.05) is 7.11 Å². The second-order valence-electron chi connectivity index (χ2n) is 7.13. The number of methoxy groups -OCH3 is 1. The third kappa shape index (κ3) is 5.51. The zero-order valence-electron chi connectivity index (χ0n) is 17.9. The summed E-state index contributed by atoms with van der Waals surface area (Å²) in [6, 6.07) is 18.9. The van der Waals surface area contributed by atoms with E-state index < -0.39 is 12.1 Å². The van der Waals surface area contributed by atoms with Crippen LogP contribution in [0, 0.1) is 0 Å². The van der Waals surface area contributed by atoms with E-state index in [1.165, 1.54) is 11.8 Å². The van der Waals surface area contributed by atoms with Gasteiger partial charge in [-0.15, -0.1) is 0 Å². The SMILES string of the molecule is CCC[C@H](NC(=O)[C@H](C)OC(=O)c1nn(-c2ccccc2)cc1OC)c1ccccc1. The lowest BCUT2D eigenvalue weighted by Crippen LogP contribution is -2.38. The maximum absolute atomic E-state index is 12.7. The fourth-order valence-corrected chi connectivity index (χ4v) is 3.22. The molecule has 0 radical (unpaired) electrons. The van der Waals surface area contributed by atoms with Gasteiger partial charge in [0.1, 0.15) is 0 Å². The minimum atomic E-state index is -0.984. The van der Waals surface area contributed by atoms with Crippen molar-refractivity contribution in [1.82, 2.24) is 15.1 Å². The number of aromatic nitrogens is 2. The molecule has 31 heavy (non-hydrogen) atoms. The van der Waals surface area contributed by atoms with Crippen LogP contribution < -0.4 is 10.1 Å². The highest BCUT2D eigenvalue weighted by Gasteiger charge is 2.26. The molecule has 0 saturated heterocycles. The van der Waals surface area contributed by atoms with E-state index in [2.05, 4.69) is 17.3 Å². The molecule has 7 heteroatoms. The third-order valence-electron chi connectivity index (χ3n) is 4.86. The van der Waals surface area contributed by atoms with E-state index in [1.807, 2.05) is 60.7 Å². The Balaban J connectivity index is 1.69. The van der Waals surface area contributed by atoms with Gasteiger partial charge < -0.3 is 14.8 Å². The summed E-state index contributed by atoms with van der Waals surface area (Å²) in [6.45, 7) is 3.60. The van der Waals surface area contributed by atoms with Gasteiger partial charge in [-0.05, 0) is 31.0 Å².